The lowest BCUT2D eigenvalue weighted by atomic mass is 10.0. The van der Waals surface area contributed by atoms with Crippen LogP contribution in [0.3, 0.4) is 0 Å². The van der Waals surface area contributed by atoms with Crippen LogP contribution in [0.15, 0.2) is 0 Å². The molecule has 0 saturated carbocycles. The van der Waals surface area contributed by atoms with Crippen LogP contribution in [0, 0.1) is 0 Å². The molecule has 0 aliphatic rings. The number of rotatable bonds is 6. The van der Waals surface area contributed by atoms with Crippen molar-refractivity contribution in [3.05, 3.63) is 11.3 Å². The Morgan fingerprint density at radius 1 is 1.00 bits per heavy atom. The largest absolute Gasteiger partial charge is 0.382 e. The van der Waals surface area contributed by atoms with E-state index < -0.39 is 0 Å². The molecule has 4 heteroatoms. The Morgan fingerprint density at radius 2 is 1.67 bits per heavy atom. The van der Waals surface area contributed by atoms with Crippen molar-refractivity contribution >= 4 is 5.82 Å². The van der Waals surface area contributed by atoms with Gasteiger partial charge in [0.2, 0.25) is 0 Å². The zero-order valence-corrected chi connectivity index (χ0v) is 9.66. The molecule has 4 nitrogen and oxygen atoms in total. The zero-order valence-electron chi connectivity index (χ0n) is 9.66. The molecule has 1 rings (SSSR count). The van der Waals surface area contributed by atoms with Gasteiger partial charge in [-0.2, -0.15) is 0 Å². The minimum atomic E-state index is 0.560. The molecule has 0 spiro atoms. The van der Waals surface area contributed by atoms with Gasteiger partial charge in [0.05, 0.1) is 5.69 Å². The third-order valence-electron chi connectivity index (χ3n) is 2.52. The predicted molar refractivity (Wildman–Crippen MR) is 61.5 cm³/mol. The van der Waals surface area contributed by atoms with Crippen LogP contribution in [0.5, 0.6) is 0 Å². The van der Waals surface area contributed by atoms with Gasteiger partial charge in [-0.1, -0.05) is 26.7 Å². The summed E-state index contributed by atoms with van der Waals surface area (Å²) >= 11 is 0. The van der Waals surface area contributed by atoms with E-state index in [4.69, 9.17) is 5.73 Å². The van der Waals surface area contributed by atoms with Gasteiger partial charge in [0.1, 0.15) is 0 Å². The molecule has 0 radical (unpaired) electrons. The van der Waals surface area contributed by atoms with Crippen molar-refractivity contribution < 1.29 is 0 Å². The summed E-state index contributed by atoms with van der Waals surface area (Å²) in [6, 6.07) is 0. The highest BCUT2D eigenvalue weighted by molar-refractivity contribution is 5.40. The molecule has 0 aliphatic heterocycles. The molecule has 0 unspecified atom stereocenters. The third-order valence-corrected chi connectivity index (χ3v) is 2.52. The van der Waals surface area contributed by atoms with Gasteiger partial charge in [-0.15, -0.1) is 10.2 Å². The highest BCUT2D eigenvalue weighted by Gasteiger charge is 2.09. The van der Waals surface area contributed by atoms with Gasteiger partial charge in [-0.05, 0) is 30.9 Å². The molecule has 2 N–H and O–H groups in total. The Labute approximate surface area is 91.3 Å². The summed E-state index contributed by atoms with van der Waals surface area (Å²) in [4.78, 5) is 0. The maximum absolute atomic E-state index is 5.82. The van der Waals surface area contributed by atoms with E-state index in [9.17, 15) is 0 Å². The second kappa shape index (κ2) is 6.32. The summed E-state index contributed by atoms with van der Waals surface area (Å²) in [5.41, 5.74) is 7.97. The summed E-state index contributed by atoms with van der Waals surface area (Å²) in [5, 5.41) is 11.6. The molecule has 0 bridgehead atoms. The molecule has 0 fully saturated rings. The first-order valence-corrected chi connectivity index (χ1v) is 5.76. The van der Waals surface area contributed by atoms with E-state index in [1.165, 1.54) is 0 Å². The molecule has 1 aromatic rings. The van der Waals surface area contributed by atoms with Crippen LogP contribution in [0.25, 0.3) is 0 Å². The van der Waals surface area contributed by atoms with E-state index in [2.05, 4.69) is 29.3 Å². The van der Waals surface area contributed by atoms with Gasteiger partial charge in [0.15, 0.2) is 5.82 Å². The molecule has 0 saturated heterocycles. The van der Waals surface area contributed by atoms with Crippen molar-refractivity contribution in [2.75, 3.05) is 5.73 Å². The quantitative estimate of drug-likeness (QED) is 0.777. The molecule has 1 heterocycles. The highest BCUT2D eigenvalue weighted by Crippen LogP contribution is 2.16. The summed E-state index contributed by atoms with van der Waals surface area (Å²) < 4.78 is 0. The number of aromatic nitrogens is 3. The average molecular weight is 208 g/mol. The average Bonchev–Trinajstić information content (AvgIpc) is 2.25. The number of aryl methyl sites for hydroxylation is 1. The van der Waals surface area contributed by atoms with Crippen LogP contribution in [0.4, 0.5) is 5.82 Å². The Bertz CT molecular complexity index is 299. The fourth-order valence-electron chi connectivity index (χ4n) is 1.56. The zero-order chi connectivity index (χ0) is 11.1. The van der Waals surface area contributed by atoms with Crippen LogP contribution < -0.4 is 5.73 Å². The van der Waals surface area contributed by atoms with Crippen molar-refractivity contribution in [3.63, 3.8) is 0 Å². The van der Waals surface area contributed by atoms with E-state index in [1.807, 2.05) is 0 Å². The first-order valence-electron chi connectivity index (χ1n) is 5.76. The summed E-state index contributed by atoms with van der Waals surface area (Å²) in [6.45, 7) is 4.34. The monoisotopic (exact) mass is 208 g/mol. The van der Waals surface area contributed by atoms with Gasteiger partial charge < -0.3 is 5.73 Å². The molecular weight excluding hydrogens is 188 g/mol. The Kier molecular flexibility index (Phi) is 5.01. The number of hydrogen-bond acceptors (Lipinski definition) is 4. The van der Waals surface area contributed by atoms with Gasteiger partial charge >= 0.3 is 0 Å². The van der Waals surface area contributed by atoms with Crippen LogP contribution >= 0.6 is 0 Å². The fourth-order valence-corrected chi connectivity index (χ4v) is 1.56. The molecular formula is C11H20N4. The Hall–Kier alpha value is -1.19. The summed E-state index contributed by atoms with van der Waals surface area (Å²) in [5.74, 6) is 0.560. The van der Waals surface area contributed by atoms with Crippen molar-refractivity contribution in [3.8, 4) is 0 Å². The SMILES string of the molecule is CCCCc1nnnc(N)c1CCCC. The Morgan fingerprint density at radius 3 is 2.33 bits per heavy atom. The van der Waals surface area contributed by atoms with Gasteiger partial charge in [0, 0.05) is 5.56 Å². The van der Waals surface area contributed by atoms with E-state index >= 15 is 0 Å². The normalized spacial score (nSPS) is 10.5. The van der Waals surface area contributed by atoms with E-state index in [0.717, 1.165) is 49.8 Å². The minimum Gasteiger partial charge on any atom is -0.382 e. The lowest BCUT2D eigenvalue weighted by Crippen LogP contribution is -2.08. The first-order chi connectivity index (χ1) is 7.29. The number of nitrogen functional groups attached to an aromatic ring is 1. The molecule has 84 valence electrons. The lowest BCUT2D eigenvalue weighted by molar-refractivity contribution is 0.702. The molecule has 0 aliphatic carbocycles. The second-order valence-corrected chi connectivity index (χ2v) is 3.81. The topological polar surface area (TPSA) is 64.7 Å². The molecule has 0 amide bonds. The third kappa shape index (κ3) is 3.46. The second-order valence-electron chi connectivity index (χ2n) is 3.81. The first kappa shape index (κ1) is 11.9. The number of hydrogen-bond donors (Lipinski definition) is 1. The molecule has 0 atom stereocenters. The number of unbranched alkanes of at least 4 members (excludes halogenated alkanes) is 2. The lowest BCUT2D eigenvalue weighted by Gasteiger charge is -2.08. The van der Waals surface area contributed by atoms with Crippen molar-refractivity contribution in [1.29, 1.82) is 0 Å². The van der Waals surface area contributed by atoms with Gasteiger partial charge in [-0.3, -0.25) is 0 Å². The summed E-state index contributed by atoms with van der Waals surface area (Å²) in [6.07, 6.45) is 6.54. The van der Waals surface area contributed by atoms with Crippen molar-refractivity contribution in [2.24, 2.45) is 0 Å². The fraction of sp³-hybridized carbons (Fsp3) is 0.727. The number of nitrogens with zero attached hydrogens (tertiary/aromatic N) is 3. The predicted octanol–water partition coefficient (Wildman–Crippen LogP) is 2.14. The van der Waals surface area contributed by atoms with Crippen molar-refractivity contribution in [2.45, 2.75) is 52.4 Å². The van der Waals surface area contributed by atoms with Crippen molar-refractivity contribution in [1.82, 2.24) is 15.4 Å². The molecule has 1 aromatic heterocycles. The molecule has 0 aromatic carbocycles. The van der Waals surface area contributed by atoms with Gasteiger partial charge in [-0.25, -0.2) is 0 Å². The maximum atomic E-state index is 5.82. The maximum Gasteiger partial charge on any atom is 0.152 e. The van der Waals surface area contributed by atoms with Crippen LogP contribution in [-0.2, 0) is 12.8 Å². The van der Waals surface area contributed by atoms with Crippen LogP contribution in [-0.4, -0.2) is 15.4 Å². The van der Waals surface area contributed by atoms with Gasteiger partial charge in [0.25, 0.3) is 0 Å². The smallest absolute Gasteiger partial charge is 0.152 e. The Balaban J connectivity index is 2.77. The minimum absolute atomic E-state index is 0.560. The van der Waals surface area contributed by atoms with Crippen LogP contribution in [0.1, 0.15) is 50.8 Å². The van der Waals surface area contributed by atoms with E-state index in [-0.39, 0.29) is 0 Å². The highest BCUT2D eigenvalue weighted by atomic mass is 15.3. The van der Waals surface area contributed by atoms with Crippen LogP contribution in [0.2, 0.25) is 0 Å². The standard InChI is InChI=1S/C11H20N4/c1-3-5-7-9-10(8-6-4-2)13-15-14-11(9)12/h3-8H2,1-2H3,(H2,12,13,14). The molecule has 15 heavy (non-hydrogen) atoms. The number of nitrogens with two attached hydrogens (primary N) is 1. The van der Waals surface area contributed by atoms with E-state index in [1.54, 1.807) is 0 Å². The number of anilines is 1. The van der Waals surface area contributed by atoms with E-state index in [0.29, 0.717) is 5.82 Å². The summed E-state index contributed by atoms with van der Waals surface area (Å²) in [7, 11) is 0.